The van der Waals surface area contributed by atoms with Crippen molar-refractivity contribution in [1.82, 2.24) is 9.38 Å². The molecule has 0 saturated heterocycles. The Morgan fingerprint density at radius 1 is 0.607 bits per heavy atom. The van der Waals surface area contributed by atoms with Crippen LogP contribution in [0.2, 0.25) is 0 Å². The zero-order valence-corrected chi connectivity index (χ0v) is 14.9. The summed E-state index contributed by atoms with van der Waals surface area (Å²) < 4.78 is 8.48. The minimum absolute atomic E-state index is 0.906. The van der Waals surface area contributed by atoms with Crippen LogP contribution in [0.15, 0.2) is 89.3 Å². The fourth-order valence-electron chi connectivity index (χ4n) is 4.59. The third-order valence-corrected chi connectivity index (χ3v) is 5.76. The van der Waals surface area contributed by atoms with E-state index in [-0.39, 0.29) is 0 Å². The lowest BCUT2D eigenvalue weighted by Crippen LogP contribution is -1.92. The molecule has 7 aromatic rings. The third kappa shape index (κ3) is 1.62. The van der Waals surface area contributed by atoms with Gasteiger partial charge in [-0.2, -0.15) is 0 Å². The fraction of sp³-hybridized carbons (Fsp3) is 0. The molecule has 0 fully saturated rings. The first-order valence-corrected chi connectivity index (χ1v) is 9.42. The van der Waals surface area contributed by atoms with Gasteiger partial charge in [-0.05, 0) is 35.7 Å². The van der Waals surface area contributed by atoms with E-state index in [1.807, 2.05) is 18.2 Å². The minimum atomic E-state index is 0.906. The molecule has 3 aromatic heterocycles. The average Bonchev–Trinajstić information content (AvgIpc) is 3.32. The van der Waals surface area contributed by atoms with Crippen LogP contribution in [-0.4, -0.2) is 9.38 Å². The van der Waals surface area contributed by atoms with Crippen LogP contribution >= 0.6 is 0 Å². The number of aromatic nitrogens is 2. The predicted octanol–water partition coefficient (Wildman–Crippen LogP) is 6.69. The average molecular weight is 358 g/mol. The van der Waals surface area contributed by atoms with Gasteiger partial charge in [0, 0.05) is 16.2 Å². The van der Waals surface area contributed by atoms with Crippen molar-refractivity contribution < 1.29 is 4.42 Å². The maximum Gasteiger partial charge on any atom is 0.146 e. The smallest absolute Gasteiger partial charge is 0.146 e. The Morgan fingerprint density at radius 3 is 2.29 bits per heavy atom. The van der Waals surface area contributed by atoms with Crippen molar-refractivity contribution in [2.45, 2.75) is 0 Å². The molecule has 0 spiro atoms. The van der Waals surface area contributed by atoms with E-state index >= 15 is 0 Å². The molecule has 3 nitrogen and oxygen atoms in total. The Morgan fingerprint density at radius 2 is 1.36 bits per heavy atom. The zero-order chi connectivity index (χ0) is 18.2. The molecule has 0 aliphatic heterocycles. The van der Waals surface area contributed by atoms with Gasteiger partial charge in [-0.25, -0.2) is 4.98 Å². The highest BCUT2D eigenvalue weighted by atomic mass is 16.3. The van der Waals surface area contributed by atoms with Crippen molar-refractivity contribution in [1.29, 1.82) is 0 Å². The van der Waals surface area contributed by atoms with Gasteiger partial charge in [0.2, 0.25) is 0 Å². The van der Waals surface area contributed by atoms with Gasteiger partial charge in [0.05, 0.1) is 21.9 Å². The topological polar surface area (TPSA) is 30.4 Å². The van der Waals surface area contributed by atoms with Crippen LogP contribution in [0.25, 0.3) is 60.3 Å². The Hall–Kier alpha value is -3.85. The number of benzene rings is 4. The van der Waals surface area contributed by atoms with Gasteiger partial charge in [-0.15, -0.1) is 0 Å². The lowest BCUT2D eigenvalue weighted by molar-refractivity contribution is 0.669. The molecule has 0 aliphatic carbocycles. The standard InChI is InChI=1S/C25H14N2O/c1-2-8-17-15(7-1)16-13-14-22-23(18-9-3-6-12-21(18)28-22)24(16)27-20-11-5-4-10-19(20)26-25(17)27/h1-14H. The molecule has 4 aromatic carbocycles. The van der Waals surface area contributed by atoms with E-state index in [1.54, 1.807) is 0 Å². The molecule has 0 unspecified atom stereocenters. The Balaban J connectivity index is 1.94. The summed E-state index contributed by atoms with van der Waals surface area (Å²) in [5.74, 6) is 0. The lowest BCUT2D eigenvalue weighted by Gasteiger charge is -2.10. The number of rotatable bonds is 0. The van der Waals surface area contributed by atoms with E-state index in [0.717, 1.165) is 44.1 Å². The van der Waals surface area contributed by atoms with Crippen molar-refractivity contribution in [2.24, 2.45) is 0 Å². The number of para-hydroxylation sites is 3. The van der Waals surface area contributed by atoms with E-state index in [9.17, 15) is 0 Å². The normalized spacial score (nSPS) is 12.3. The first-order valence-electron chi connectivity index (χ1n) is 9.42. The number of imidazole rings is 1. The van der Waals surface area contributed by atoms with Gasteiger partial charge < -0.3 is 4.42 Å². The van der Waals surface area contributed by atoms with Gasteiger partial charge in [0.25, 0.3) is 0 Å². The maximum atomic E-state index is 6.18. The molecular formula is C25H14N2O. The second-order valence-corrected chi connectivity index (χ2v) is 7.24. The van der Waals surface area contributed by atoms with Crippen LogP contribution in [-0.2, 0) is 0 Å². The molecule has 0 amide bonds. The van der Waals surface area contributed by atoms with Crippen LogP contribution in [0.3, 0.4) is 0 Å². The predicted molar refractivity (Wildman–Crippen MR) is 115 cm³/mol. The first-order chi connectivity index (χ1) is 13.9. The van der Waals surface area contributed by atoms with Crippen molar-refractivity contribution in [3.05, 3.63) is 84.9 Å². The quantitative estimate of drug-likeness (QED) is 0.283. The number of pyridine rings is 1. The van der Waals surface area contributed by atoms with Crippen LogP contribution in [0.1, 0.15) is 0 Å². The Kier molecular flexibility index (Phi) is 2.49. The summed E-state index contributed by atoms with van der Waals surface area (Å²) in [7, 11) is 0. The molecule has 28 heavy (non-hydrogen) atoms. The largest absolute Gasteiger partial charge is 0.456 e. The summed E-state index contributed by atoms with van der Waals surface area (Å²) in [5, 5.41) is 5.88. The van der Waals surface area contributed by atoms with Gasteiger partial charge in [-0.1, -0.05) is 54.6 Å². The number of fused-ring (bicyclic) bond motifs is 12. The van der Waals surface area contributed by atoms with Gasteiger partial charge in [0.15, 0.2) is 0 Å². The second-order valence-electron chi connectivity index (χ2n) is 7.24. The molecular weight excluding hydrogens is 344 g/mol. The summed E-state index contributed by atoms with van der Waals surface area (Å²) >= 11 is 0. The first kappa shape index (κ1) is 14.2. The van der Waals surface area contributed by atoms with Crippen LogP contribution in [0.4, 0.5) is 0 Å². The highest BCUT2D eigenvalue weighted by Crippen LogP contribution is 2.39. The summed E-state index contributed by atoms with van der Waals surface area (Å²) in [4.78, 5) is 5.00. The lowest BCUT2D eigenvalue weighted by atomic mass is 10.0. The molecule has 7 rings (SSSR count). The Labute approximate surface area is 159 Å². The molecule has 0 bridgehead atoms. The maximum absolute atomic E-state index is 6.18. The van der Waals surface area contributed by atoms with Crippen LogP contribution in [0, 0.1) is 0 Å². The second kappa shape index (κ2) is 4.90. The third-order valence-electron chi connectivity index (χ3n) is 5.76. The van der Waals surface area contributed by atoms with Crippen LogP contribution < -0.4 is 0 Å². The molecule has 0 N–H and O–H groups in total. The molecule has 3 heterocycles. The number of hydrogen-bond acceptors (Lipinski definition) is 2. The van der Waals surface area contributed by atoms with E-state index < -0.39 is 0 Å². The van der Waals surface area contributed by atoms with E-state index in [2.05, 4.69) is 71.1 Å². The Bertz CT molecular complexity index is 1720. The summed E-state index contributed by atoms with van der Waals surface area (Å²) in [6, 6.07) is 29.4. The molecule has 130 valence electrons. The van der Waals surface area contributed by atoms with Crippen molar-refractivity contribution in [3.8, 4) is 0 Å². The van der Waals surface area contributed by atoms with E-state index in [4.69, 9.17) is 9.40 Å². The summed E-state index contributed by atoms with van der Waals surface area (Å²) in [6.07, 6.45) is 0. The molecule has 3 heteroatoms. The molecule has 0 atom stereocenters. The van der Waals surface area contributed by atoms with E-state index in [1.165, 1.54) is 16.2 Å². The van der Waals surface area contributed by atoms with Crippen molar-refractivity contribution in [3.63, 3.8) is 0 Å². The highest BCUT2D eigenvalue weighted by Gasteiger charge is 2.18. The number of hydrogen-bond donors (Lipinski definition) is 0. The van der Waals surface area contributed by atoms with Crippen LogP contribution in [0.5, 0.6) is 0 Å². The van der Waals surface area contributed by atoms with Gasteiger partial charge >= 0.3 is 0 Å². The minimum Gasteiger partial charge on any atom is -0.456 e. The zero-order valence-electron chi connectivity index (χ0n) is 14.9. The van der Waals surface area contributed by atoms with Crippen molar-refractivity contribution in [2.75, 3.05) is 0 Å². The van der Waals surface area contributed by atoms with E-state index in [0.29, 0.717) is 0 Å². The summed E-state index contributed by atoms with van der Waals surface area (Å²) in [5.41, 5.74) is 6.08. The monoisotopic (exact) mass is 358 g/mol. The van der Waals surface area contributed by atoms with Gasteiger partial charge in [-0.3, -0.25) is 4.40 Å². The highest BCUT2D eigenvalue weighted by molar-refractivity contribution is 6.25. The number of nitrogens with zero attached hydrogens (tertiary/aromatic N) is 2. The molecule has 0 radical (unpaired) electrons. The summed E-state index contributed by atoms with van der Waals surface area (Å²) in [6.45, 7) is 0. The fourth-order valence-corrected chi connectivity index (χ4v) is 4.59. The molecule has 0 aliphatic rings. The number of furan rings is 1. The molecule has 0 saturated carbocycles. The van der Waals surface area contributed by atoms with Crippen molar-refractivity contribution >= 4 is 60.3 Å². The van der Waals surface area contributed by atoms with Gasteiger partial charge in [0.1, 0.15) is 16.8 Å². The SMILES string of the molecule is c1ccc2c(c1)nc1c3ccccc3c3ccc4oc5ccccc5c4c3n21.